The minimum Gasteiger partial charge on any atom is -0.497 e. The number of non-ortho nitro benzene ring substituents is 1. The van der Waals surface area contributed by atoms with Crippen LogP contribution in [0.1, 0.15) is 47.4 Å². The van der Waals surface area contributed by atoms with Crippen LogP contribution in [-0.4, -0.2) is 17.8 Å². The molecule has 1 unspecified atom stereocenters. The number of nitrogens with zero attached hydrogens (tertiary/aromatic N) is 3. The zero-order chi connectivity index (χ0) is 30.1. The average molecular weight is 585 g/mol. The van der Waals surface area contributed by atoms with E-state index in [4.69, 9.17) is 26.8 Å². The van der Waals surface area contributed by atoms with Gasteiger partial charge in [0.2, 0.25) is 0 Å². The molecule has 9 nitrogen and oxygen atoms in total. The number of carbonyl (C=O) groups is 1. The van der Waals surface area contributed by atoms with Gasteiger partial charge in [-0.1, -0.05) is 29.3 Å². The lowest BCUT2D eigenvalue weighted by atomic mass is 9.73. The molecule has 214 valence electrons. The zero-order valence-corrected chi connectivity index (χ0v) is 24.2. The number of ether oxygens (including phenoxy) is 2. The first kappa shape index (κ1) is 28.7. The van der Waals surface area contributed by atoms with Crippen LogP contribution in [0.2, 0.25) is 5.02 Å². The summed E-state index contributed by atoms with van der Waals surface area (Å²) in [6, 6.07) is 17.7. The Bertz CT molecular complexity index is 1700. The molecule has 0 aromatic heterocycles. The number of methoxy groups -OCH3 is 1. The van der Waals surface area contributed by atoms with Gasteiger partial charge < -0.3 is 15.2 Å². The van der Waals surface area contributed by atoms with Gasteiger partial charge >= 0.3 is 0 Å². The summed E-state index contributed by atoms with van der Waals surface area (Å²) in [6.07, 6.45) is 1.48. The maximum absolute atomic E-state index is 13.6. The van der Waals surface area contributed by atoms with Crippen molar-refractivity contribution < 1.29 is 19.2 Å². The third kappa shape index (κ3) is 5.17. The van der Waals surface area contributed by atoms with Gasteiger partial charge in [-0.3, -0.25) is 19.8 Å². The molecule has 3 aromatic carbocycles. The highest BCUT2D eigenvalue weighted by atomic mass is 35.5. The van der Waals surface area contributed by atoms with E-state index in [1.165, 1.54) is 18.2 Å². The Hall–Kier alpha value is -4.81. The Kier molecular flexibility index (Phi) is 7.92. The summed E-state index contributed by atoms with van der Waals surface area (Å²) in [7, 11) is 1.60. The number of nitro groups is 1. The van der Waals surface area contributed by atoms with E-state index in [2.05, 4.69) is 6.07 Å². The number of aryl methyl sites for hydroxylation is 1. The van der Waals surface area contributed by atoms with E-state index >= 15 is 0 Å². The maximum Gasteiger partial charge on any atom is 0.271 e. The van der Waals surface area contributed by atoms with Gasteiger partial charge in [0.15, 0.2) is 5.78 Å². The van der Waals surface area contributed by atoms with Crippen LogP contribution in [-0.2, 0) is 11.4 Å². The van der Waals surface area contributed by atoms with Crippen molar-refractivity contribution in [3.05, 3.63) is 115 Å². The smallest absolute Gasteiger partial charge is 0.271 e. The van der Waals surface area contributed by atoms with Crippen molar-refractivity contribution in [2.75, 3.05) is 12.0 Å². The average Bonchev–Trinajstić information content (AvgIpc) is 2.97. The minimum absolute atomic E-state index is 0.0681. The van der Waals surface area contributed by atoms with Crippen LogP contribution >= 0.6 is 11.6 Å². The SMILES string of the molecule is COc1ccc(OCc2cc(C)cc(C3C(C#N)=C(N)N(c4ccc([N+](=O)[O-])cc4Cl)C4=C3C(=O)CCC4)c2C)cc1. The summed E-state index contributed by atoms with van der Waals surface area (Å²) in [4.78, 5) is 26.0. The predicted molar refractivity (Wildman–Crippen MR) is 159 cm³/mol. The van der Waals surface area contributed by atoms with Crippen molar-refractivity contribution in [1.29, 1.82) is 5.26 Å². The van der Waals surface area contributed by atoms with Crippen molar-refractivity contribution >= 4 is 28.8 Å². The molecule has 0 saturated heterocycles. The van der Waals surface area contributed by atoms with Crippen LogP contribution in [0.15, 0.2) is 77.3 Å². The summed E-state index contributed by atoms with van der Waals surface area (Å²) < 4.78 is 11.3. The van der Waals surface area contributed by atoms with Crippen LogP contribution in [0.4, 0.5) is 11.4 Å². The number of nitriles is 1. The van der Waals surface area contributed by atoms with Crippen molar-refractivity contribution in [1.82, 2.24) is 0 Å². The molecule has 5 rings (SSSR count). The molecular weight excluding hydrogens is 556 g/mol. The highest BCUT2D eigenvalue weighted by molar-refractivity contribution is 6.33. The van der Waals surface area contributed by atoms with Crippen LogP contribution in [0.25, 0.3) is 0 Å². The van der Waals surface area contributed by atoms with E-state index in [0.29, 0.717) is 42.0 Å². The normalized spacial score (nSPS) is 16.7. The number of carbonyl (C=O) groups excluding carboxylic acids is 1. The van der Waals surface area contributed by atoms with Crippen LogP contribution in [0.5, 0.6) is 11.5 Å². The molecular formula is C32H29ClN4O5. The molecule has 2 aliphatic rings. The largest absolute Gasteiger partial charge is 0.497 e. The van der Waals surface area contributed by atoms with E-state index in [1.807, 2.05) is 50.2 Å². The number of ketones is 1. The summed E-state index contributed by atoms with van der Waals surface area (Å²) in [5.74, 6) is 0.809. The summed E-state index contributed by atoms with van der Waals surface area (Å²) in [5.41, 5.74) is 11.9. The lowest BCUT2D eigenvalue weighted by Gasteiger charge is -2.40. The molecule has 42 heavy (non-hydrogen) atoms. The van der Waals surface area contributed by atoms with Crippen LogP contribution < -0.4 is 20.1 Å². The van der Waals surface area contributed by atoms with Gasteiger partial charge in [0.05, 0.1) is 40.3 Å². The highest BCUT2D eigenvalue weighted by Gasteiger charge is 2.41. The Morgan fingerprint density at radius 1 is 1.12 bits per heavy atom. The quantitative estimate of drug-likeness (QED) is 0.238. The first-order valence-corrected chi connectivity index (χ1v) is 13.8. The number of hydrogen-bond acceptors (Lipinski definition) is 8. The lowest BCUT2D eigenvalue weighted by Crippen LogP contribution is -2.39. The molecule has 0 bridgehead atoms. The van der Waals surface area contributed by atoms with E-state index < -0.39 is 10.8 Å². The van der Waals surface area contributed by atoms with Gasteiger partial charge in [0, 0.05) is 29.8 Å². The molecule has 0 amide bonds. The van der Waals surface area contributed by atoms with Crippen LogP contribution in [0.3, 0.4) is 0 Å². The second kappa shape index (κ2) is 11.6. The lowest BCUT2D eigenvalue weighted by molar-refractivity contribution is -0.384. The van der Waals surface area contributed by atoms with Crippen molar-refractivity contribution in [3.8, 4) is 17.6 Å². The van der Waals surface area contributed by atoms with Gasteiger partial charge in [-0.05, 0) is 73.7 Å². The molecule has 1 aliphatic heterocycles. The fraction of sp³-hybridized carbons (Fsp3) is 0.250. The number of rotatable bonds is 7. The number of halogens is 1. The van der Waals surface area contributed by atoms with E-state index in [-0.39, 0.29) is 34.5 Å². The Morgan fingerprint density at radius 3 is 2.48 bits per heavy atom. The third-order valence-electron chi connectivity index (χ3n) is 7.76. The predicted octanol–water partition coefficient (Wildman–Crippen LogP) is 6.76. The molecule has 1 aliphatic carbocycles. The minimum atomic E-state index is -0.675. The van der Waals surface area contributed by atoms with E-state index in [9.17, 15) is 20.2 Å². The van der Waals surface area contributed by atoms with E-state index in [0.717, 1.165) is 28.0 Å². The second-order valence-electron chi connectivity index (χ2n) is 10.3. The fourth-order valence-electron chi connectivity index (χ4n) is 5.71. The molecule has 2 N–H and O–H groups in total. The molecule has 0 radical (unpaired) electrons. The topological polar surface area (TPSA) is 132 Å². The molecule has 10 heteroatoms. The van der Waals surface area contributed by atoms with E-state index in [1.54, 1.807) is 12.0 Å². The molecule has 0 spiro atoms. The fourth-order valence-corrected chi connectivity index (χ4v) is 5.97. The molecule has 1 atom stereocenters. The third-order valence-corrected chi connectivity index (χ3v) is 8.06. The summed E-state index contributed by atoms with van der Waals surface area (Å²) in [6.45, 7) is 4.20. The molecule has 3 aromatic rings. The molecule has 0 saturated carbocycles. The first-order valence-electron chi connectivity index (χ1n) is 13.4. The Labute approximate surface area is 248 Å². The van der Waals surface area contributed by atoms with Gasteiger partial charge in [-0.2, -0.15) is 5.26 Å². The van der Waals surface area contributed by atoms with Gasteiger partial charge in [0.25, 0.3) is 5.69 Å². The number of nitro benzene ring substituents is 1. The van der Waals surface area contributed by atoms with Crippen molar-refractivity contribution in [2.24, 2.45) is 5.73 Å². The number of allylic oxidation sites excluding steroid dienone is 3. The van der Waals surface area contributed by atoms with Gasteiger partial charge in [-0.25, -0.2) is 0 Å². The number of hydrogen-bond donors (Lipinski definition) is 1. The number of nitrogens with two attached hydrogens (primary N) is 1. The van der Waals surface area contributed by atoms with Crippen molar-refractivity contribution in [3.63, 3.8) is 0 Å². The zero-order valence-electron chi connectivity index (χ0n) is 23.4. The second-order valence-corrected chi connectivity index (χ2v) is 10.7. The van der Waals surface area contributed by atoms with Gasteiger partial charge in [-0.15, -0.1) is 0 Å². The highest BCUT2D eigenvalue weighted by Crippen LogP contribution is 2.48. The molecule has 1 heterocycles. The molecule has 0 fully saturated rings. The Balaban J connectivity index is 1.61. The monoisotopic (exact) mass is 584 g/mol. The Morgan fingerprint density at radius 2 is 1.83 bits per heavy atom. The first-order chi connectivity index (χ1) is 20.1. The maximum atomic E-state index is 13.6. The number of anilines is 1. The van der Waals surface area contributed by atoms with Gasteiger partial charge in [0.1, 0.15) is 23.9 Å². The van der Waals surface area contributed by atoms with Crippen molar-refractivity contribution in [2.45, 2.75) is 45.6 Å². The summed E-state index contributed by atoms with van der Waals surface area (Å²) in [5, 5.41) is 21.8. The number of benzene rings is 3. The standard InChI is InChI=1S/C32H29ClN4O5/c1-18-13-20(17-42-23-10-8-22(41-3)9-11-23)19(2)24(14-18)30-25(16-34)32(35)36(28-5-4-6-29(38)31(28)30)27-12-7-21(37(39)40)15-26(27)33/h7-15,30H,4-6,17,35H2,1-3H3. The summed E-state index contributed by atoms with van der Waals surface area (Å²) >= 11 is 6.52. The number of Topliss-reactive ketones (excluding diaryl/α,β-unsaturated/α-hetero) is 1. The van der Waals surface area contributed by atoms with Crippen LogP contribution in [0, 0.1) is 35.3 Å².